The number of nitrogens with one attached hydrogen (secondary N) is 1. The second-order valence-electron chi connectivity index (χ2n) is 4.60. The lowest BCUT2D eigenvalue weighted by molar-refractivity contribution is -0.123. The molecule has 0 aliphatic heterocycles. The Labute approximate surface area is 120 Å². The average molecular weight is 295 g/mol. The van der Waals surface area contributed by atoms with Gasteiger partial charge in [0.2, 0.25) is 0 Å². The highest BCUT2D eigenvalue weighted by atomic mass is 19.1. The molecule has 0 unspecified atom stereocenters. The summed E-state index contributed by atoms with van der Waals surface area (Å²) in [5, 5.41) is 2.66. The van der Waals surface area contributed by atoms with Crippen LogP contribution in [0.1, 0.15) is 24.5 Å². The first-order chi connectivity index (χ1) is 9.95. The van der Waals surface area contributed by atoms with Gasteiger partial charge in [-0.3, -0.25) is 4.79 Å². The number of benzene rings is 1. The molecular weight excluding hydrogens is 280 g/mol. The van der Waals surface area contributed by atoms with Crippen molar-refractivity contribution in [3.8, 4) is 5.75 Å². The van der Waals surface area contributed by atoms with Crippen LogP contribution in [0.5, 0.6) is 5.75 Å². The number of amides is 1. The lowest BCUT2D eigenvalue weighted by Crippen LogP contribution is -2.31. The Hall–Kier alpha value is -2.37. The van der Waals surface area contributed by atoms with E-state index in [1.807, 2.05) is 0 Å². The molecule has 0 aliphatic carbocycles. The van der Waals surface area contributed by atoms with Gasteiger partial charge in [-0.1, -0.05) is 0 Å². The zero-order chi connectivity index (χ0) is 15.4. The zero-order valence-corrected chi connectivity index (χ0v) is 11.7. The molecule has 1 aromatic carbocycles. The smallest absolute Gasteiger partial charge is 0.258 e. The molecule has 1 N–H and O–H groups in total. The van der Waals surface area contributed by atoms with Gasteiger partial charge < -0.3 is 14.5 Å². The highest BCUT2D eigenvalue weighted by molar-refractivity contribution is 5.77. The van der Waals surface area contributed by atoms with Gasteiger partial charge in [-0.05, 0) is 38.1 Å². The molecule has 0 saturated heterocycles. The third-order valence-electron chi connectivity index (χ3n) is 2.82. The molecule has 0 bridgehead atoms. The minimum absolute atomic E-state index is 0.173. The summed E-state index contributed by atoms with van der Waals surface area (Å²) in [4.78, 5) is 11.7. The number of rotatable bonds is 5. The lowest BCUT2D eigenvalue weighted by atomic mass is 10.2. The summed E-state index contributed by atoms with van der Waals surface area (Å²) < 4.78 is 36.4. The first kappa shape index (κ1) is 15.0. The quantitative estimate of drug-likeness (QED) is 0.922. The summed E-state index contributed by atoms with van der Waals surface area (Å²) in [7, 11) is 0. The van der Waals surface area contributed by atoms with Crippen LogP contribution in [0.25, 0.3) is 0 Å². The van der Waals surface area contributed by atoms with Gasteiger partial charge in [0, 0.05) is 6.07 Å². The van der Waals surface area contributed by atoms with Crippen molar-refractivity contribution < 1.29 is 22.7 Å². The molecule has 112 valence electrons. The number of carbonyl (C=O) groups excluding carboxylic acids is 1. The predicted octanol–water partition coefficient (Wildman–Crippen LogP) is 3.12. The highest BCUT2D eigenvalue weighted by Gasteiger charge is 2.14. The average Bonchev–Trinajstić information content (AvgIpc) is 2.84. The molecule has 0 aliphatic rings. The normalized spacial score (nSPS) is 12.0. The van der Waals surface area contributed by atoms with Crippen molar-refractivity contribution in [1.82, 2.24) is 5.32 Å². The van der Waals surface area contributed by atoms with Crippen molar-refractivity contribution in [3.63, 3.8) is 0 Å². The van der Waals surface area contributed by atoms with Crippen LogP contribution in [0.3, 0.4) is 0 Å². The van der Waals surface area contributed by atoms with Gasteiger partial charge in [-0.25, -0.2) is 8.78 Å². The molecule has 6 heteroatoms. The largest absolute Gasteiger partial charge is 0.481 e. The van der Waals surface area contributed by atoms with E-state index in [0.29, 0.717) is 11.8 Å². The maximum Gasteiger partial charge on any atom is 0.258 e. The van der Waals surface area contributed by atoms with E-state index in [1.165, 1.54) is 0 Å². The Morgan fingerprint density at radius 2 is 2.10 bits per heavy atom. The summed E-state index contributed by atoms with van der Waals surface area (Å²) >= 11 is 0. The van der Waals surface area contributed by atoms with Crippen LogP contribution in [0.15, 0.2) is 34.7 Å². The molecule has 0 radical (unpaired) electrons. The number of aryl methyl sites for hydroxylation is 1. The van der Waals surface area contributed by atoms with Crippen molar-refractivity contribution >= 4 is 5.91 Å². The van der Waals surface area contributed by atoms with Crippen molar-refractivity contribution in [2.75, 3.05) is 6.61 Å². The van der Waals surface area contributed by atoms with E-state index in [0.717, 1.165) is 17.9 Å². The van der Waals surface area contributed by atoms with Crippen LogP contribution in [0.2, 0.25) is 0 Å². The van der Waals surface area contributed by atoms with E-state index in [2.05, 4.69) is 5.32 Å². The van der Waals surface area contributed by atoms with Crippen molar-refractivity contribution in [3.05, 3.63) is 53.5 Å². The predicted molar refractivity (Wildman–Crippen MR) is 71.9 cm³/mol. The summed E-state index contributed by atoms with van der Waals surface area (Å²) in [6, 6.07) is 6.12. The van der Waals surface area contributed by atoms with Crippen molar-refractivity contribution in [2.45, 2.75) is 19.9 Å². The summed E-state index contributed by atoms with van der Waals surface area (Å²) in [5.74, 6) is -0.790. The van der Waals surface area contributed by atoms with E-state index in [4.69, 9.17) is 9.15 Å². The molecule has 2 rings (SSSR count). The summed E-state index contributed by atoms with van der Waals surface area (Å²) in [6.45, 7) is 3.19. The van der Waals surface area contributed by atoms with Gasteiger partial charge in [0.15, 0.2) is 18.2 Å². The Morgan fingerprint density at radius 1 is 1.33 bits per heavy atom. The molecule has 21 heavy (non-hydrogen) atoms. The van der Waals surface area contributed by atoms with Crippen LogP contribution >= 0.6 is 0 Å². The van der Waals surface area contributed by atoms with E-state index in [1.54, 1.807) is 26.0 Å². The van der Waals surface area contributed by atoms with Crippen LogP contribution < -0.4 is 10.1 Å². The van der Waals surface area contributed by atoms with E-state index < -0.39 is 17.5 Å². The maximum absolute atomic E-state index is 13.3. The van der Waals surface area contributed by atoms with Gasteiger partial charge in [0.1, 0.15) is 17.3 Å². The fourth-order valence-electron chi connectivity index (χ4n) is 1.78. The van der Waals surface area contributed by atoms with E-state index in [9.17, 15) is 13.6 Å². The second kappa shape index (κ2) is 6.39. The van der Waals surface area contributed by atoms with Crippen LogP contribution in [0, 0.1) is 18.6 Å². The molecule has 1 heterocycles. The number of furan rings is 1. The number of hydrogen-bond donors (Lipinski definition) is 1. The van der Waals surface area contributed by atoms with Gasteiger partial charge in [0.25, 0.3) is 5.91 Å². The van der Waals surface area contributed by atoms with Gasteiger partial charge in [-0.15, -0.1) is 0 Å². The number of carbonyl (C=O) groups is 1. The second-order valence-corrected chi connectivity index (χ2v) is 4.60. The third kappa shape index (κ3) is 4.05. The number of halogens is 2. The molecule has 1 amide bonds. The van der Waals surface area contributed by atoms with Crippen molar-refractivity contribution in [2.24, 2.45) is 0 Å². The molecule has 0 spiro atoms. The van der Waals surface area contributed by atoms with Crippen LogP contribution in [0.4, 0.5) is 8.78 Å². The minimum atomic E-state index is -0.850. The summed E-state index contributed by atoms with van der Waals surface area (Å²) in [5.41, 5.74) is 0. The SMILES string of the molecule is Cc1ccc([C@@H](C)NC(=O)COc2ccc(F)cc2F)o1. The third-order valence-corrected chi connectivity index (χ3v) is 2.82. The van der Waals surface area contributed by atoms with Crippen LogP contribution in [-0.4, -0.2) is 12.5 Å². The lowest BCUT2D eigenvalue weighted by Gasteiger charge is -2.12. The summed E-state index contributed by atoms with van der Waals surface area (Å²) in [6.07, 6.45) is 0. The van der Waals surface area contributed by atoms with E-state index >= 15 is 0 Å². The molecule has 1 atom stereocenters. The first-order valence-electron chi connectivity index (χ1n) is 6.39. The van der Waals surface area contributed by atoms with Gasteiger partial charge >= 0.3 is 0 Å². The fourth-order valence-corrected chi connectivity index (χ4v) is 1.78. The molecular formula is C15H15F2NO3. The standard InChI is InChI=1S/C15H15F2NO3/c1-9-3-5-13(21-9)10(2)18-15(19)8-20-14-6-4-11(16)7-12(14)17/h3-7,10H,8H2,1-2H3,(H,18,19)/t10-/m1/s1. The number of hydrogen-bond acceptors (Lipinski definition) is 3. The Morgan fingerprint density at radius 3 is 2.71 bits per heavy atom. The monoisotopic (exact) mass is 295 g/mol. The zero-order valence-electron chi connectivity index (χ0n) is 11.7. The number of ether oxygens (including phenoxy) is 1. The van der Waals surface area contributed by atoms with Crippen LogP contribution in [-0.2, 0) is 4.79 Å². The molecule has 0 saturated carbocycles. The van der Waals surface area contributed by atoms with E-state index in [-0.39, 0.29) is 18.4 Å². The topological polar surface area (TPSA) is 51.5 Å². The molecule has 4 nitrogen and oxygen atoms in total. The van der Waals surface area contributed by atoms with Gasteiger partial charge in [0.05, 0.1) is 6.04 Å². The maximum atomic E-state index is 13.3. The van der Waals surface area contributed by atoms with Crippen molar-refractivity contribution in [1.29, 1.82) is 0 Å². The minimum Gasteiger partial charge on any atom is -0.481 e. The molecule has 1 aromatic heterocycles. The Balaban J connectivity index is 1.87. The van der Waals surface area contributed by atoms with Gasteiger partial charge in [-0.2, -0.15) is 0 Å². The highest BCUT2D eigenvalue weighted by Crippen LogP contribution is 2.18. The Kier molecular flexibility index (Phi) is 4.57. The molecule has 2 aromatic rings. The Bertz CT molecular complexity index is 640. The molecule has 0 fully saturated rings. The fraction of sp³-hybridized carbons (Fsp3) is 0.267. The first-order valence-corrected chi connectivity index (χ1v) is 6.39.